The maximum absolute atomic E-state index is 9.00. The first-order valence-corrected chi connectivity index (χ1v) is 7.60. The number of thioether (sulfide) groups is 1. The fourth-order valence-electron chi connectivity index (χ4n) is 1.98. The molecule has 0 aromatic carbocycles. The highest BCUT2D eigenvalue weighted by atomic mass is 32.2. The van der Waals surface area contributed by atoms with E-state index in [9.17, 15) is 0 Å². The molecule has 0 aliphatic heterocycles. The van der Waals surface area contributed by atoms with Gasteiger partial charge in [-0.1, -0.05) is 25.9 Å². The fourth-order valence-corrected chi connectivity index (χ4v) is 3.02. The molecular weight excluding hydrogens is 276 g/mol. The quantitative estimate of drug-likeness (QED) is 0.232. The SMILES string of the molecule is CCc1nnc(SC(C)CCO)c(C(N)=NO)c1CC. The van der Waals surface area contributed by atoms with Crippen LogP contribution in [0.15, 0.2) is 10.2 Å². The van der Waals surface area contributed by atoms with E-state index in [-0.39, 0.29) is 17.7 Å². The van der Waals surface area contributed by atoms with Crippen LogP contribution in [0.2, 0.25) is 0 Å². The predicted molar refractivity (Wildman–Crippen MR) is 80.3 cm³/mol. The van der Waals surface area contributed by atoms with Gasteiger partial charge in [0.25, 0.3) is 0 Å². The third-order valence-electron chi connectivity index (χ3n) is 3.03. The molecule has 1 aromatic heterocycles. The van der Waals surface area contributed by atoms with E-state index in [0.717, 1.165) is 24.1 Å². The molecule has 6 nitrogen and oxygen atoms in total. The predicted octanol–water partition coefficient (Wildman–Crippen LogP) is 1.56. The van der Waals surface area contributed by atoms with Crippen LogP contribution >= 0.6 is 11.8 Å². The zero-order valence-electron chi connectivity index (χ0n) is 12.1. The van der Waals surface area contributed by atoms with Crippen molar-refractivity contribution >= 4 is 17.6 Å². The van der Waals surface area contributed by atoms with Gasteiger partial charge in [0, 0.05) is 11.9 Å². The average molecular weight is 298 g/mol. The summed E-state index contributed by atoms with van der Waals surface area (Å²) in [6.07, 6.45) is 2.14. The van der Waals surface area contributed by atoms with Gasteiger partial charge in [-0.2, -0.15) is 5.10 Å². The Morgan fingerprint density at radius 1 is 1.35 bits per heavy atom. The van der Waals surface area contributed by atoms with Gasteiger partial charge in [0.15, 0.2) is 5.84 Å². The van der Waals surface area contributed by atoms with Gasteiger partial charge in [0.2, 0.25) is 0 Å². The van der Waals surface area contributed by atoms with E-state index < -0.39 is 0 Å². The van der Waals surface area contributed by atoms with E-state index in [4.69, 9.17) is 16.0 Å². The first-order chi connectivity index (χ1) is 9.58. The smallest absolute Gasteiger partial charge is 0.173 e. The minimum Gasteiger partial charge on any atom is -0.409 e. The van der Waals surface area contributed by atoms with Crippen molar-refractivity contribution in [3.8, 4) is 0 Å². The molecule has 0 radical (unpaired) electrons. The highest BCUT2D eigenvalue weighted by Gasteiger charge is 2.20. The molecule has 0 saturated heterocycles. The lowest BCUT2D eigenvalue weighted by Gasteiger charge is -2.16. The Morgan fingerprint density at radius 3 is 2.55 bits per heavy atom. The van der Waals surface area contributed by atoms with E-state index in [1.54, 1.807) is 0 Å². The number of aromatic nitrogens is 2. The van der Waals surface area contributed by atoms with E-state index in [1.807, 2.05) is 20.8 Å². The van der Waals surface area contributed by atoms with Crippen LogP contribution in [0.5, 0.6) is 0 Å². The number of aliphatic hydroxyl groups excluding tert-OH is 1. The molecule has 0 saturated carbocycles. The highest BCUT2D eigenvalue weighted by molar-refractivity contribution is 7.99. The number of amidine groups is 1. The first-order valence-electron chi connectivity index (χ1n) is 6.72. The van der Waals surface area contributed by atoms with Crippen LogP contribution in [0.3, 0.4) is 0 Å². The third kappa shape index (κ3) is 3.83. The number of nitrogens with two attached hydrogens (primary N) is 1. The lowest BCUT2D eigenvalue weighted by atomic mass is 10.0. The maximum atomic E-state index is 9.00. The molecule has 0 aliphatic carbocycles. The largest absolute Gasteiger partial charge is 0.409 e. The average Bonchev–Trinajstić information content (AvgIpc) is 2.45. The van der Waals surface area contributed by atoms with Crippen LogP contribution in [-0.4, -0.2) is 38.2 Å². The monoisotopic (exact) mass is 298 g/mol. The van der Waals surface area contributed by atoms with Crippen molar-refractivity contribution in [2.45, 2.75) is 50.3 Å². The Kier molecular flexibility index (Phi) is 6.74. The second-order valence-electron chi connectivity index (χ2n) is 4.44. The summed E-state index contributed by atoms with van der Waals surface area (Å²) in [7, 11) is 0. The Hall–Kier alpha value is -1.34. The van der Waals surface area contributed by atoms with Gasteiger partial charge in [-0.05, 0) is 24.8 Å². The molecule has 0 aliphatic rings. The zero-order valence-corrected chi connectivity index (χ0v) is 12.9. The number of aliphatic hydroxyl groups is 1. The summed E-state index contributed by atoms with van der Waals surface area (Å²) in [5.74, 6) is 0.0603. The molecule has 1 atom stereocenters. The number of aryl methyl sites for hydroxylation is 1. The van der Waals surface area contributed by atoms with E-state index >= 15 is 0 Å². The Labute approximate surface area is 123 Å². The Bertz CT molecular complexity index is 480. The first kappa shape index (κ1) is 16.7. The van der Waals surface area contributed by atoms with E-state index in [0.29, 0.717) is 17.0 Å². The van der Waals surface area contributed by atoms with Crippen LogP contribution in [-0.2, 0) is 12.8 Å². The summed E-state index contributed by atoms with van der Waals surface area (Å²) >= 11 is 1.48. The van der Waals surface area contributed by atoms with Gasteiger partial charge in [0.1, 0.15) is 5.03 Å². The van der Waals surface area contributed by atoms with Crippen molar-refractivity contribution in [3.05, 3.63) is 16.8 Å². The topological polar surface area (TPSA) is 105 Å². The number of nitrogens with zero attached hydrogens (tertiary/aromatic N) is 3. The number of hydrogen-bond donors (Lipinski definition) is 3. The van der Waals surface area contributed by atoms with Crippen LogP contribution < -0.4 is 5.73 Å². The van der Waals surface area contributed by atoms with Gasteiger partial charge in [-0.3, -0.25) is 0 Å². The number of hydrogen-bond acceptors (Lipinski definition) is 6. The molecule has 0 spiro atoms. The summed E-state index contributed by atoms with van der Waals surface area (Å²) in [5, 5.41) is 30.4. The van der Waals surface area contributed by atoms with E-state index in [2.05, 4.69) is 15.4 Å². The van der Waals surface area contributed by atoms with Crippen LogP contribution in [0, 0.1) is 0 Å². The maximum Gasteiger partial charge on any atom is 0.173 e. The molecule has 7 heteroatoms. The second-order valence-corrected chi connectivity index (χ2v) is 5.87. The summed E-state index contributed by atoms with van der Waals surface area (Å²) in [4.78, 5) is 0. The third-order valence-corrected chi connectivity index (χ3v) is 4.17. The van der Waals surface area contributed by atoms with Crippen LogP contribution in [0.1, 0.15) is 44.0 Å². The number of rotatable bonds is 7. The number of oxime groups is 1. The molecule has 0 fully saturated rings. The van der Waals surface area contributed by atoms with E-state index in [1.165, 1.54) is 11.8 Å². The van der Waals surface area contributed by atoms with Gasteiger partial charge >= 0.3 is 0 Å². The molecule has 1 aromatic rings. The molecule has 20 heavy (non-hydrogen) atoms. The summed E-state index contributed by atoms with van der Waals surface area (Å²) in [6.45, 7) is 6.13. The Balaban J connectivity index is 3.29. The lowest BCUT2D eigenvalue weighted by molar-refractivity contribution is 0.289. The molecule has 0 amide bonds. The van der Waals surface area contributed by atoms with Crippen molar-refractivity contribution in [3.63, 3.8) is 0 Å². The minimum absolute atomic E-state index is 0.0603. The van der Waals surface area contributed by atoms with Gasteiger partial charge in [0.05, 0.1) is 11.3 Å². The second kappa shape index (κ2) is 8.06. The van der Waals surface area contributed by atoms with Crippen molar-refractivity contribution in [2.75, 3.05) is 6.61 Å². The Morgan fingerprint density at radius 2 is 2.05 bits per heavy atom. The molecule has 1 rings (SSSR count). The standard InChI is InChI=1S/C13H22N4O2S/c1-4-9-10(5-2)15-16-13(11(9)12(14)17-19)20-8(3)6-7-18/h8,18-19H,4-7H2,1-3H3,(H2,14,17). The molecule has 4 N–H and O–H groups in total. The van der Waals surface area contributed by atoms with Gasteiger partial charge in [-0.15, -0.1) is 16.9 Å². The van der Waals surface area contributed by atoms with Crippen LogP contribution in [0.4, 0.5) is 0 Å². The summed E-state index contributed by atoms with van der Waals surface area (Å²) < 4.78 is 0. The molecule has 1 unspecified atom stereocenters. The molecule has 0 bridgehead atoms. The summed E-state index contributed by atoms with van der Waals surface area (Å²) in [5.41, 5.74) is 8.32. The van der Waals surface area contributed by atoms with Crippen molar-refractivity contribution in [2.24, 2.45) is 10.9 Å². The molecular formula is C13H22N4O2S. The normalized spacial score (nSPS) is 13.5. The van der Waals surface area contributed by atoms with Gasteiger partial charge < -0.3 is 16.0 Å². The highest BCUT2D eigenvalue weighted by Crippen LogP contribution is 2.29. The lowest BCUT2D eigenvalue weighted by Crippen LogP contribution is -2.20. The van der Waals surface area contributed by atoms with Crippen molar-refractivity contribution < 1.29 is 10.3 Å². The molecule has 1 heterocycles. The van der Waals surface area contributed by atoms with Crippen molar-refractivity contribution in [1.82, 2.24) is 10.2 Å². The fraction of sp³-hybridized carbons (Fsp3) is 0.615. The minimum atomic E-state index is 0.0603. The van der Waals surface area contributed by atoms with Crippen molar-refractivity contribution in [1.29, 1.82) is 0 Å². The zero-order chi connectivity index (χ0) is 15.1. The van der Waals surface area contributed by atoms with Gasteiger partial charge in [-0.25, -0.2) is 0 Å². The summed E-state index contributed by atoms with van der Waals surface area (Å²) in [6, 6.07) is 0. The van der Waals surface area contributed by atoms with Crippen LogP contribution in [0.25, 0.3) is 0 Å². The molecule has 112 valence electrons.